The number of amides is 1. The molecular formula is C16H15F2N3O2S. The highest BCUT2D eigenvalue weighted by atomic mass is 32.2. The number of fused-ring (bicyclic) bond motifs is 1. The number of carbonyl (C=O) groups excluding carboxylic acids is 1. The zero-order valence-corrected chi connectivity index (χ0v) is 13.9. The maximum Gasteiger partial charge on any atom is 0.279 e. The van der Waals surface area contributed by atoms with Gasteiger partial charge in [0, 0.05) is 19.4 Å². The summed E-state index contributed by atoms with van der Waals surface area (Å²) in [5, 5.41) is 3.12. The van der Waals surface area contributed by atoms with Gasteiger partial charge in [0.25, 0.3) is 5.56 Å². The summed E-state index contributed by atoms with van der Waals surface area (Å²) in [5.74, 6) is -2.29. The van der Waals surface area contributed by atoms with Gasteiger partial charge in [-0.05, 0) is 17.4 Å². The third kappa shape index (κ3) is 2.71. The molecule has 0 spiro atoms. The van der Waals surface area contributed by atoms with Crippen molar-refractivity contribution < 1.29 is 13.6 Å². The highest BCUT2D eigenvalue weighted by Crippen LogP contribution is 2.37. The minimum absolute atomic E-state index is 0.0131. The largest absolute Gasteiger partial charge is 0.312 e. The van der Waals surface area contributed by atoms with Gasteiger partial charge in [0.05, 0.1) is 5.56 Å². The Morgan fingerprint density at radius 2 is 2.12 bits per heavy atom. The number of thioether (sulfide) groups is 1. The monoisotopic (exact) mass is 351 g/mol. The average Bonchev–Trinajstić information content (AvgIpc) is 2.54. The van der Waals surface area contributed by atoms with Crippen molar-refractivity contribution in [2.75, 3.05) is 11.1 Å². The van der Waals surface area contributed by atoms with Crippen molar-refractivity contribution in [3.63, 3.8) is 0 Å². The van der Waals surface area contributed by atoms with Gasteiger partial charge in [0.1, 0.15) is 5.82 Å². The third-order valence-corrected chi connectivity index (χ3v) is 4.84. The van der Waals surface area contributed by atoms with Gasteiger partial charge < -0.3 is 9.88 Å². The van der Waals surface area contributed by atoms with Crippen molar-refractivity contribution in [3.8, 4) is 0 Å². The van der Waals surface area contributed by atoms with E-state index in [0.717, 1.165) is 6.07 Å². The Morgan fingerprint density at radius 3 is 2.83 bits per heavy atom. The van der Waals surface area contributed by atoms with E-state index < -0.39 is 23.1 Å². The molecule has 0 bridgehead atoms. The molecule has 126 valence electrons. The zero-order chi connectivity index (χ0) is 17.4. The van der Waals surface area contributed by atoms with Crippen LogP contribution in [-0.4, -0.2) is 21.2 Å². The normalized spacial score (nSPS) is 16.7. The minimum Gasteiger partial charge on any atom is -0.312 e. The van der Waals surface area contributed by atoms with Crippen LogP contribution in [0.3, 0.4) is 0 Å². The fraction of sp³-hybridized carbons (Fsp3) is 0.312. The molecule has 8 heteroatoms. The van der Waals surface area contributed by atoms with Crippen LogP contribution in [0.25, 0.3) is 0 Å². The van der Waals surface area contributed by atoms with Crippen molar-refractivity contribution in [1.29, 1.82) is 0 Å². The summed E-state index contributed by atoms with van der Waals surface area (Å²) in [6, 6.07) is 3.75. The number of nitrogens with one attached hydrogen (secondary N) is 1. The second-order valence-electron chi connectivity index (χ2n) is 5.40. The molecule has 3 rings (SSSR count). The van der Waals surface area contributed by atoms with Crippen molar-refractivity contribution >= 4 is 23.5 Å². The number of aromatic nitrogens is 2. The maximum absolute atomic E-state index is 14.2. The first-order chi connectivity index (χ1) is 11.4. The number of rotatable bonds is 3. The number of anilines is 1. The van der Waals surface area contributed by atoms with Crippen molar-refractivity contribution in [1.82, 2.24) is 9.55 Å². The predicted octanol–water partition coefficient (Wildman–Crippen LogP) is 2.64. The molecule has 1 N–H and O–H groups in total. The standard InChI is InChI=1S/C16H15F2N3O2S/c1-3-24-16-20-15(23)12-9(7-11(22)19-14(12)21(16)2)8-5-4-6-10(17)13(8)18/h4-6,9H,3,7H2,1-2H3,(H,19,22)/t9-/m1/s1. The van der Waals surface area contributed by atoms with Crippen molar-refractivity contribution in [2.24, 2.45) is 7.05 Å². The molecule has 1 aromatic heterocycles. The molecule has 0 fully saturated rings. The van der Waals surface area contributed by atoms with Crippen LogP contribution in [0.4, 0.5) is 14.6 Å². The Bertz CT molecular complexity index is 882. The molecule has 0 saturated carbocycles. The van der Waals surface area contributed by atoms with Crippen LogP contribution in [0.15, 0.2) is 28.2 Å². The van der Waals surface area contributed by atoms with E-state index in [-0.39, 0.29) is 29.3 Å². The van der Waals surface area contributed by atoms with Crippen LogP contribution in [0.2, 0.25) is 0 Å². The van der Waals surface area contributed by atoms with E-state index in [0.29, 0.717) is 10.9 Å². The first-order valence-corrected chi connectivity index (χ1v) is 8.40. The predicted molar refractivity (Wildman–Crippen MR) is 87.3 cm³/mol. The molecule has 24 heavy (non-hydrogen) atoms. The maximum atomic E-state index is 14.2. The van der Waals surface area contributed by atoms with Crippen LogP contribution in [0.5, 0.6) is 0 Å². The van der Waals surface area contributed by atoms with E-state index >= 15 is 0 Å². The molecule has 5 nitrogen and oxygen atoms in total. The molecule has 0 saturated heterocycles. The third-order valence-electron chi connectivity index (χ3n) is 3.93. The van der Waals surface area contributed by atoms with E-state index in [9.17, 15) is 18.4 Å². The lowest BCUT2D eigenvalue weighted by Crippen LogP contribution is -2.34. The second kappa shape index (κ2) is 6.35. The van der Waals surface area contributed by atoms with Crippen molar-refractivity contribution in [3.05, 3.63) is 51.3 Å². The number of nitrogens with zero attached hydrogens (tertiary/aromatic N) is 2. The Balaban J connectivity index is 2.24. The highest BCUT2D eigenvalue weighted by molar-refractivity contribution is 7.99. The Labute approximate surface area is 141 Å². The molecule has 1 amide bonds. The molecule has 1 atom stereocenters. The molecule has 2 heterocycles. The van der Waals surface area contributed by atoms with E-state index in [4.69, 9.17) is 0 Å². The van der Waals surface area contributed by atoms with Crippen LogP contribution in [-0.2, 0) is 11.8 Å². The molecule has 1 aromatic carbocycles. The lowest BCUT2D eigenvalue weighted by Gasteiger charge is -2.27. The van der Waals surface area contributed by atoms with Crippen LogP contribution >= 0.6 is 11.8 Å². The molecule has 0 unspecified atom stereocenters. The van der Waals surface area contributed by atoms with Gasteiger partial charge in [0.2, 0.25) is 5.91 Å². The van der Waals surface area contributed by atoms with Crippen LogP contribution < -0.4 is 10.9 Å². The van der Waals surface area contributed by atoms with Gasteiger partial charge in [-0.1, -0.05) is 30.8 Å². The Morgan fingerprint density at radius 1 is 1.38 bits per heavy atom. The summed E-state index contributed by atoms with van der Waals surface area (Å²) in [5.41, 5.74) is -0.365. The van der Waals surface area contributed by atoms with E-state index in [1.807, 2.05) is 6.92 Å². The lowest BCUT2D eigenvalue weighted by molar-refractivity contribution is -0.116. The van der Waals surface area contributed by atoms with Crippen molar-refractivity contribution in [2.45, 2.75) is 24.4 Å². The summed E-state index contributed by atoms with van der Waals surface area (Å²) >= 11 is 1.36. The smallest absolute Gasteiger partial charge is 0.279 e. The average molecular weight is 351 g/mol. The summed E-state index contributed by atoms with van der Waals surface area (Å²) in [7, 11) is 1.67. The first kappa shape index (κ1) is 16.6. The Hall–Kier alpha value is -2.22. The number of carbonyl (C=O) groups is 1. The molecular weight excluding hydrogens is 336 g/mol. The number of halogens is 2. The van der Waals surface area contributed by atoms with E-state index in [1.165, 1.54) is 23.9 Å². The number of hydrogen-bond acceptors (Lipinski definition) is 4. The summed E-state index contributed by atoms with van der Waals surface area (Å²) in [4.78, 5) is 28.6. The van der Waals surface area contributed by atoms with Gasteiger partial charge in [-0.3, -0.25) is 9.59 Å². The molecule has 1 aliphatic heterocycles. The van der Waals surface area contributed by atoms with Gasteiger partial charge in [-0.15, -0.1) is 0 Å². The minimum atomic E-state index is -1.04. The fourth-order valence-corrected chi connectivity index (χ4v) is 3.54. The van der Waals surface area contributed by atoms with E-state index in [1.54, 1.807) is 11.6 Å². The summed E-state index contributed by atoms with van der Waals surface area (Å²) < 4.78 is 29.4. The van der Waals surface area contributed by atoms with Gasteiger partial charge in [0.15, 0.2) is 16.8 Å². The van der Waals surface area contributed by atoms with Gasteiger partial charge >= 0.3 is 0 Å². The summed E-state index contributed by atoms with van der Waals surface area (Å²) in [6.45, 7) is 1.92. The second-order valence-corrected chi connectivity index (χ2v) is 6.63. The number of hydrogen-bond donors (Lipinski definition) is 1. The molecule has 0 aliphatic carbocycles. The fourth-order valence-electron chi connectivity index (χ4n) is 2.85. The molecule has 0 radical (unpaired) electrons. The quantitative estimate of drug-likeness (QED) is 0.682. The SMILES string of the molecule is CCSc1nc(=O)c2c(n1C)NC(=O)C[C@@H]2c1cccc(F)c1F. The molecule has 1 aliphatic rings. The lowest BCUT2D eigenvalue weighted by atomic mass is 9.86. The Kier molecular flexibility index (Phi) is 4.40. The van der Waals surface area contributed by atoms with Gasteiger partial charge in [-0.2, -0.15) is 4.98 Å². The summed E-state index contributed by atoms with van der Waals surface area (Å²) in [6.07, 6.45) is -0.134. The molecule has 2 aromatic rings. The zero-order valence-electron chi connectivity index (χ0n) is 13.1. The van der Waals surface area contributed by atoms with Crippen LogP contribution in [0.1, 0.15) is 30.4 Å². The first-order valence-electron chi connectivity index (χ1n) is 7.41. The highest BCUT2D eigenvalue weighted by Gasteiger charge is 2.34. The van der Waals surface area contributed by atoms with Gasteiger partial charge in [-0.25, -0.2) is 8.78 Å². The number of benzene rings is 1. The van der Waals surface area contributed by atoms with E-state index in [2.05, 4.69) is 10.3 Å². The topological polar surface area (TPSA) is 64.0 Å². The van der Waals surface area contributed by atoms with Crippen LogP contribution in [0, 0.1) is 11.6 Å².